The van der Waals surface area contributed by atoms with Crippen molar-refractivity contribution in [2.75, 3.05) is 0 Å². The molecule has 0 unspecified atom stereocenters. The van der Waals surface area contributed by atoms with E-state index in [2.05, 4.69) is 4.99 Å². The predicted octanol–water partition coefficient (Wildman–Crippen LogP) is 5.41. The SMILES string of the molecule is Cc1c(Cl)cccc1N=Cc1cc(Cl)c(O)c(Cl)c1. The van der Waals surface area contributed by atoms with Crippen molar-refractivity contribution in [2.24, 2.45) is 4.99 Å². The highest BCUT2D eigenvalue weighted by Crippen LogP contribution is 2.32. The van der Waals surface area contributed by atoms with Gasteiger partial charge in [0, 0.05) is 11.2 Å². The summed E-state index contributed by atoms with van der Waals surface area (Å²) in [7, 11) is 0. The van der Waals surface area contributed by atoms with Gasteiger partial charge in [0.2, 0.25) is 0 Å². The maximum atomic E-state index is 9.47. The fraction of sp³-hybridized carbons (Fsp3) is 0.0714. The summed E-state index contributed by atoms with van der Waals surface area (Å²) in [6.45, 7) is 1.89. The summed E-state index contributed by atoms with van der Waals surface area (Å²) in [5.74, 6) is -0.126. The van der Waals surface area contributed by atoms with Crippen LogP contribution in [0.1, 0.15) is 11.1 Å². The van der Waals surface area contributed by atoms with Gasteiger partial charge in [-0.2, -0.15) is 0 Å². The zero-order valence-electron chi connectivity index (χ0n) is 9.99. The Balaban J connectivity index is 2.35. The van der Waals surface area contributed by atoms with Crippen LogP contribution in [0.2, 0.25) is 15.1 Å². The summed E-state index contributed by atoms with van der Waals surface area (Å²) in [5.41, 5.74) is 2.37. The topological polar surface area (TPSA) is 32.6 Å². The first-order chi connectivity index (χ1) is 8.99. The highest BCUT2D eigenvalue weighted by molar-refractivity contribution is 6.37. The Morgan fingerprint density at radius 3 is 2.32 bits per heavy atom. The van der Waals surface area contributed by atoms with Crippen LogP contribution in [0.15, 0.2) is 35.3 Å². The van der Waals surface area contributed by atoms with Gasteiger partial charge in [0.05, 0.1) is 15.7 Å². The molecule has 98 valence electrons. The Hall–Kier alpha value is -1.22. The molecule has 0 heterocycles. The Bertz CT molecular complexity index is 630. The van der Waals surface area contributed by atoms with E-state index in [0.717, 1.165) is 11.3 Å². The normalized spacial score (nSPS) is 11.2. The van der Waals surface area contributed by atoms with Gasteiger partial charge in [0.1, 0.15) is 0 Å². The second kappa shape index (κ2) is 5.83. The molecule has 0 bridgehead atoms. The van der Waals surface area contributed by atoms with Crippen LogP contribution < -0.4 is 0 Å². The molecule has 0 atom stereocenters. The summed E-state index contributed by atoms with van der Waals surface area (Å²) in [6, 6.07) is 8.68. The van der Waals surface area contributed by atoms with Gasteiger partial charge in [-0.3, -0.25) is 4.99 Å². The number of phenolic OH excluding ortho intramolecular Hbond substituents is 1. The van der Waals surface area contributed by atoms with Crippen molar-refractivity contribution in [3.8, 4) is 5.75 Å². The molecular formula is C14H10Cl3NO. The van der Waals surface area contributed by atoms with Crippen molar-refractivity contribution in [3.63, 3.8) is 0 Å². The number of aromatic hydroxyl groups is 1. The van der Waals surface area contributed by atoms with Gasteiger partial charge in [0.25, 0.3) is 0 Å². The van der Waals surface area contributed by atoms with Crippen molar-refractivity contribution in [1.29, 1.82) is 0 Å². The van der Waals surface area contributed by atoms with Crippen LogP contribution in [0.25, 0.3) is 0 Å². The van der Waals surface area contributed by atoms with Crippen LogP contribution >= 0.6 is 34.8 Å². The van der Waals surface area contributed by atoms with E-state index in [1.165, 1.54) is 0 Å². The van der Waals surface area contributed by atoms with E-state index in [-0.39, 0.29) is 15.8 Å². The van der Waals surface area contributed by atoms with Crippen molar-refractivity contribution in [3.05, 3.63) is 56.5 Å². The van der Waals surface area contributed by atoms with Crippen LogP contribution in [-0.4, -0.2) is 11.3 Å². The quantitative estimate of drug-likeness (QED) is 0.738. The highest BCUT2D eigenvalue weighted by atomic mass is 35.5. The largest absolute Gasteiger partial charge is 0.505 e. The summed E-state index contributed by atoms with van der Waals surface area (Å²) in [5, 5.41) is 10.5. The zero-order valence-corrected chi connectivity index (χ0v) is 12.3. The Morgan fingerprint density at radius 1 is 1.05 bits per heavy atom. The van der Waals surface area contributed by atoms with Gasteiger partial charge in [-0.15, -0.1) is 0 Å². The van der Waals surface area contributed by atoms with E-state index in [1.807, 2.05) is 25.1 Å². The number of aliphatic imine (C=N–C) groups is 1. The molecule has 0 aliphatic carbocycles. The van der Waals surface area contributed by atoms with E-state index >= 15 is 0 Å². The summed E-state index contributed by atoms with van der Waals surface area (Å²) in [4.78, 5) is 4.34. The minimum atomic E-state index is -0.126. The first kappa shape index (κ1) is 14.2. The molecule has 0 saturated heterocycles. The molecule has 2 aromatic rings. The molecule has 2 nitrogen and oxygen atoms in total. The molecule has 2 rings (SSSR count). The van der Waals surface area contributed by atoms with E-state index in [1.54, 1.807) is 18.3 Å². The minimum absolute atomic E-state index is 0.126. The summed E-state index contributed by atoms with van der Waals surface area (Å²) >= 11 is 17.7. The lowest BCUT2D eigenvalue weighted by Crippen LogP contribution is -1.83. The van der Waals surface area contributed by atoms with Gasteiger partial charge in [-0.1, -0.05) is 40.9 Å². The predicted molar refractivity (Wildman–Crippen MR) is 81.6 cm³/mol. The molecule has 0 fully saturated rings. The monoisotopic (exact) mass is 313 g/mol. The Morgan fingerprint density at radius 2 is 1.68 bits per heavy atom. The number of hydrogen-bond donors (Lipinski definition) is 1. The van der Waals surface area contributed by atoms with Crippen molar-refractivity contribution in [1.82, 2.24) is 0 Å². The van der Waals surface area contributed by atoms with Crippen molar-refractivity contribution < 1.29 is 5.11 Å². The molecule has 0 radical (unpaired) electrons. The molecule has 19 heavy (non-hydrogen) atoms. The number of rotatable bonds is 2. The summed E-state index contributed by atoms with van der Waals surface area (Å²) < 4.78 is 0. The van der Waals surface area contributed by atoms with Crippen molar-refractivity contribution in [2.45, 2.75) is 6.92 Å². The van der Waals surface area contributed by atoms with Crippen LogP contribution in [0.5, 0.6) is 5.75 Å². The third-order valence-electron chi connectivity index (χ3n) is 2.63. The van der Waals surface area contributed by atoms with Crippen LogP contribution in [0.3, 0.4) is 0 Å². The number of halogens is 3. The fourth-order valence-corrected chi connectivity index (χ4v) is 2.21. The second-order valence-electron chi connectivity index (χ2n) is 3.98. The van der Waals surface area contributed by atoms with Crippen LogP contribution in [-0.2, 0) is 0 Å². The number of hydrogen-bond acceptors (Lipinski definition) is 2. The van der Waals surface area contributed by atoms with Gasteiger partial charge in [0.15, 0.2) is 5.75 Å². The lowest BCUT2D eigenvalue weighted by molar-refractivity contribution is 0.476. The smallest absolute Gasteiger partial charge is 0.152 e. The zero-order chi connectivity index (χ0) is 14.0. The standard InChI is InChI=1S/C14H10Cl3NO/c1-8-10(15)3-2-4-13(8)18-7-9-5-11(16)14(19)12(17)6-9/h2-7,19H,1H3. The summed E-state index contributed by atoms with van der Waals surface area (Å²) in [6.07, 6.45) is 1.62. The van der Waals surface area contributed by atoms with E-state index < -0.39 is 0 Å². The number of phenols is 1. The minimum Gasteiger partial charge on any atom is -0.505 e. The highest BCUT2D eigenvalue weighted by Gasteiger charge is 2.05. The average Bonchev–Trinajstić information content (AvgIpc) is 2.37. The third-order valence-corrected chi connectivity index (χ3v) is 3.62. The Kier molecular flexibility index (Phi) is 4.35. The first-order valence-corrected chi connectivity index (χ1v) is 6.59. The number of benzene rings is 2. The van der Waals surface area contributed by atoms with E-state index in [9.17, 15) is 5.11 Å². The molecule has 0 spiro atoms. The molecule has 0 saturated carbocycles. The molecule has 2 aromatic carbocycles. The fourth-order valence-electron chi connectivity index (χ4n) is 1.54. The molecule has 0 aliphatic rings. The average molecular weight is 315 g/mol. The van der Waals surface area contributed by atoms with Crippen LogP contribution in [0, 0.1) is 6.92 Å². The number of nitrogens with zero attached hydrogens (tertiary/aromatic N) is 1. The molecule has 0 aromatic heterocycles. The molecular weight excluding hydrogens is 305 g/mol. The van der Waals surface area contributed by atoms with Gasteiger partial charge in [-0.25, -0.2) is 0 Å². The first-order valence-electron chi connectivity index (χ1n) is 5.46. The van der Waals surface area contributed by atoms with Gasteiger partial charge < -0.3 is 5.11 Å². The lowest BCUT2D eigenvalue weighted by Gasteiger charge is -2.03. The van der Waals surface area contributed by atoms with Gasteiger partial charge in [-0.05, 0) is 42.3 Å². The maximum absolute atomic E-state index is 9.47. The molecule has 1 N–H and O–H groups in total. The van der Waals surface area contributed by atoms with Gasteiger partial charge >= 0.3 is 0 Å². The van der Waals surface area contributed by atoms with Crippen LogP contribution in [0.4, 0.5) is 5.69 Å². The molecule has 0 aliphatic heterocycles. The van der Waals surface area contributed by atoms with E-state index in [4.69, 9.17) is 34.8 Å². The van der Waals surface area contributed by atoms with E-state index in [0.29, 0.717) is 10.6 Å². The lowest BCUT2D eigenvalue weighted by atomic mass is 10.2. The third kappa shape index (κ3) is 3.21. The Labute approximate surface area is 126 Å². The second-order valence-corrected chi connectivity index (χ2v) is 5.20. The molecule has 0 amide bonds. The molecule has 5 heteroatoms. The van der Waals surface area contributed by atoms with Crippen molar-refractivity contribution >= 4 is 46.7 Å². The maximum Gasteiger partial charge on any atom is 0.152 e.